The highest BCUT2D eigenvalue weighted by atomic mass is 32.1. The molecule has 0 bridgehead atoms. The van der Waals surface area contributed by atoms with Gasteiger partial charge in [-0.2, -0.15) is 5.10 Å². The van der Waals surface area contributed by atoms with Crippen LogP contribution in [0.2, 0.25) is 0 Å². The molecule has 0 amide bonds. The molecule has 0 saturated heterocycles. The van der Waals surface area contributed by atoms with Gasteiger partial charge in [-0.15, -0.1) is 0 Å². The molecule has 106 valence electrons. The van der Waals surface area contributed by atoms with Gasteiger partial charge in [-0.1, -0.05) is 42.5 Å². The van der Waals surface area contributed by atoms with Crippen LogP contribution in [0.5, 0.6) is 0 Å². The number of nitro groups is 1. The Morgan fingerprint density at radius 1 is 1.14 bits per heavy atom. The van der Waals surface area contributed by atoms with Crippen LogP contribution in [0.3, 0.4) is 0 Å². The molecule has 7 heteroatoms. The van der Waals surface area contributed by atoms with E-state index >= 15 is 0 Å². The van der Waals surface area contributed by atoms with Crippen molar-refractivity contribution in [1.29, 1.82) is 0 Å². The maximum Gasteiger partial charge on any atom is 0.292 e. The Kier molecular flexibility index (Phi) is 4.94. The predicted molar refractivity (Wildman–Crippen MR) is 86.5 cm³/mol. The third kappa shape index (κ3) is 4.36. The first kappa shape index (κ1) is 14.6. The minimum Gasteiger partial charge on any atom is -0.326 e. The van der Waals surface area contributed by atoms with Crippen LogP contribution in [0.25, 0.3) is 0 Å². The lowest BCUT2D eigenvalue weighted by atomic mass is 10.2. The number of hydrazone groups is 1. The van der Waals surface area contributed by atoms with Gasteiger partial charge in [0.25, 0.3) is 5.69 Å². The molecule has 2 aromatic rings. The highest BCUT2D eigenvalue weighted by Crippen LogP contribution is 2.22. The minimum absolute atomic E-state index is 0.0475. The largest absolute Gasteiger partial charge is 0.326 e. The Labute approximate surface area is 126 Å². The van der Waals surface area contributed by atoms with Crippen LogP contribution in [0.1, 0.15) is 5.56 Å². The molecule has 0 aliphatic heterocycles. The Hall–Kier alpha value is -2.80. The second kappa shape index (κ2) is 7.11. The van der Waals surface area contributed by atoms with E-state index in [0.29, 0.717) is 5.69 Å². The summed E-state index contributed by atoms with van der Waals surface area (Å²) < 4.78 is 0. The first-order valence-electron chi connectivity index (χ1n) is 6.05. The predicted octanol–water partition coefficient (Wildman–Crippen LogP) is 2.92. The SMILES string of the molecule is O=[N+]([O-])c1ccccc1NC(=S)N/N=C\c1ccccc1. The van der Waals surface area contributed by atoms with Crippen molar-refractivity contribution < 1.29 is 4.92 Å². The summed E-state index contributed by atoms with van der Waals surface area (Å²) in [6.07, 6.45) is 1.60. The summed E-state index contributed by atoms with van der Waals surface area (Å²) >= 11 is 5.04. The van der Waals surface area contributed by atoms with E-state index in [1.807, 2.05) is 30.3 Å². The van der Waals surface area contributed by atoms with Gasteiger partial charge < -0.3 is 5.32 Å². The number of thiocarbonyl (C=S) groups is 1. The number of para-hydroxylation sites is 2. The Balaban J connectivity index is 1.97. The van der Waals surface area contributed by atoms with Crippen molar-refractivity contribution in [3.8, 4) is 0 Å². The van der Waals surface area contributed by atoms with Crippen LogP contribution >= 0.6 is 12.2 Å². The van der Waals surface area contributed by atoms with E-state index in [9.17, 15) is 10.1 Å². The minimum atomic E-state index is -0.474. The average molecular weight is 300 g/mol. The highest BCUT2D eigenvalue weighted by Gasteiger charge is 2.12. The summed E-state index contributed by atoms with van der Waals surface area (Å²) in [5, 5.41) is 17.8. The number of hydrogen-bond acceptors (Lipinski definition) is 4. The van der Waals surface area contributed by atoms with Crippen molar-refractivity contribution in [1.82, 2.24) is 5.43 Å². The normalized spacial score (nSPS) is 10.3. The van der Waals surface area contributed by atoms with Gasteiger partial charge in [0.1, 0.15) is 5.69 Å². The van der Waals surface area contributed by atoms with E-state index in [1.165, 1.54) is 6.07 Å². The number of benzene rings is 2. The maximum atomic E-state index is 10.9. The van der Waals surface area contributed by atoms with E-state index in [-0.39, 0.29) is 10.8 Å². The zero-order valence-corrected chi connectivity index (χ0v) is 11.7. The molecular weight excluding hydrogens is 288 g/mol. The zero-order chi connectivity index (χ0) is 15.1. The lowest BCUT2D eigenvalue weighted by Gasteiger charge is -2.07. The molecule has 0 unspecified atom stereocenters. The number of nitrogens with one attached hydrogen (secondary N) is 2. The average Bonchev–Trinajstić information content (AvgIpc) is 2.48. The van der Waals surface area contributed by atoms with Crippen LogP contribution in [-0.2, 0) is 0 Å². The zero-order valence-electron chi connectivity index (χ0n) is 10.9. The van der Waals surface area contributed by atoms with Crippen molar-refractivity contribution in [2.24, 2.45) is 5.10 Å². The van der Waals surface area contributed by atoms with E-state index in [1.54, 1.807) is 24.4 Å². The van der Waals surface area contributed by atoms with Gasteiger partial charge in [-0.25, -0.2) is 0 Å². The van der Waals surface area contributed by atoms with Crippen LogP contribution in [0, 0.1) is 10.1 Å². The van der Waals surface area contributed by atoms with Crippen molar-refractivity contribution >= 4 is 34.9 Å². The number of rotatable bonds is 4. The van der Waals surface area contributed by atoms with E-state index in [2.05, 4.69) is 15.8 Å². The van der Waals surface area contributed by atoms with Gasteiger partial charge in [0.2, 0.25) is 0 Å². The number of nitrogens with zero attached hydrogens (tertiary/aromatic N) is 2. The second-order valence-electron chi connectivity index (χ2n) is 4.01. The molecule has 21 heavy (non-hydrogen) atoms. The molecule has 0 saturated carbocycles. The molecule has 0 spiro atoms. The van der Waals surface area contributed by atoms with Crippen LogP contribution in [0.15, 0.2) is 59.7 Å². The molecule has 0 atom stereocenters. The molecule has 2 N–H and O–H groups in total. The van der Waals surface area contributed by atoms with Crippen molar-refractivity contribution in [2.45, 2.75) is 0 Å². The quantitative estimate of drug-likeness (QED) is 0.393. The van der Waals surface area contributed by atoms with Crippen LogP contribution in [-0.4, -0.2) is 16.3 Å². The first-order valence-corrected chi connectivity index (χ1v) is 6.46. The number of hydrogen-bond donors (Lipinski definition) is 2. The molecule has 2 aromatic carbocycles. The summed E-state index contributed by atoms with van der Waals surface area (Å²) in [6, 6.07) is 15.7. The third-order valence-electron chi connectivity index (χ3n) is 2.53. The summed E-state index contributed by atoms with van der Waals surface area (Å²) in [6.45, 7) is 0. The van der Waals surface area contributed by atoms with E-state index in [0.717, 1.165) is 5.56 Å². The van der Waals surface area contributed by atoms with Gasteiger partial charge in [0.15, 0.2) is 5.11 Å². The Morgan fingerprint density at radius 2 is 1.81 bits per heavy atom. The molecule has 0 heterocycles. The standard InChI is InChI=1S/C14H12N4O2S/c19-18(20)13-9-5-4-8-12(13)16-14(21)17-15-10-11-6-2-1-3-7-11/h1-10H,(H2,16,17,21)/b15-10-. The topological polar surface area (TPSA) is 79.6 Å². The van der Waals surface area contributed by atoms with Crippen molar-refractivity contribution in [2.75, 3.05) is 5.32 Å². The highest BCUT2D eigenvalue weighted by molar-refractivity contribution is 7.80. The number of anilines is 1. The number of nitro benzene ring substituents is 1. The second-order valence-corrected chi connectivity index (χ2v) is 4.42. The van der Waals surface area contributed by atoms with Gasteiger partial charge >= 0.3 is 0 Å². The fourth-order valence-corrected chi connectivity index (χ4v) is 1.76. The van der Waals surface area contributed by atoms with Crippen LogP contribution in [0.4, 0.5) is 11.4 Å². The summed E-state index contributed by atoms with van der Waals surface area (Å²) in [5.41, 5.74) is 3.80. The van der Waals surface area contributed by atoms with Gasteiger partial charge in [-0.05, 0) is 23.8 Å². The van der Waals surface area contributed by atoms with E-state index in [4.69, 9.17) is 12.2 Å². The van der Waals surface area contributed by atoms with E-state index < -0.39 is 4.92 Å². The molecule has 0 fully saturated rings. The summed E-state index contributed by atoms with van der Waals surface area (Å²) in [5.74, 6) is 0. The third-order valence-corrected chi connectivity index (χ3v) is 2.72. The monoisotopic (exact) mass is 300 g/mol. The van der Waals surface area contributed by atoms with Gasteiger partial charge in [0, 0.05) is 6.07 Å². The maximum absolute atomic E-state index is 10.9. The molecule has 0 radical (unpaired) electrons. The lowest BCUT2D eigenvalue weighted by molar-refractivity contribution is -0.383. The van der Waals surface area contributed by atoms with Gasteiger partial charge in [-0.3, -0.25) is 15.5 Å². The lowest BCUT2D eigenvalue weighted by Crippen LogP contribution is -2.24. The fourth-order valence-electron chi connectivity index (χ4n) is 1.59. The Bertz CT molecular complexity index is 674. The first-order chi connectivity index (χ1) is 10.2. The molecular formula is C14H12N4O2S. The summed E-state index contributed by atoms with van der Waals surface area (Å²) in [7, 11) is 0. The van der Waals surface area contributed by atoms with Crippen LogP contribution < -0.4 is 10.7 Å². The van der Waals surface area contributed by atoms with Crippen molar-refractivity contribution in [3.63, 3.8) is 0 Å². The van der Waals surface area contributed by atoms with Crippen molar-refractivity contribution in [3.05, 3.63) is 70.3 Å². The Morgan fingerprint density at radius 3 is 2.52 bits per heavy atom. The van der Waals surface area contributed by atoms with Gasteiger partial charge in [0.05, 0.1) is 11.1 Å². The fraction of sp³-hybridized carbons (Fsp3) is 0. The molecule has 6 nitrogen and oxygen atoms in total. The smallest absolute Gasteiger partial charge is 0.292 e. The summed E-state index contributed by atoms with van der Waals surface area (Å²) in [4.78, 5) is 10.4. The molecule has 0 aliphatic rings. The molecule has 2 rings (SSSR count). The molecule has 0 aromatic heterocycles. The molecule has 0 aliphatic carbocycles.